The average Bonchev–Trinajstić information content (AvgIpc) is 3.17. The Labute approximate surface area is 165 Å². The number of hydrogen-bond donors (Lipinski definition) is 1. The van der Waals surface area contributed by atoms with E-state index in [1.165, 1.54) is 22.5 Å². The number of benzene rings is 2. The number of carbonyl (C=O) groups is 1. The largest absolute Gasteiger partial charge is 0.322 e. The van der Waals surface area contributed by atoms with Crippen molar-refractivity contribution in [2.45, 2.75) is 37.5 Å². The third-order valence-corrected chi connectivity index (χ3v) is 6.94. The molecule has 0 bridgehead atoms. The summed E-state index contributed by atoms with van der Waals surface area (Å²) in [5.74, 6) is -0.189. The Kier molecular flexibility index (Phi) is 5.89. The number of nitrogens with one attached hydrogen (secondary N) is 1. The molecule has 1 aliphatic heterocycles. The first-order valence-corrected chi connectivity index (χ1v) is 10.8. The molecule has 27 heavy (non-hydrogen) atoms. The lowest BCUT2D eigenvalue weighted by Gasteiger charge is -2.17. The molecule has 0 spiro atoms. The Hall–Kier alpha value is -1.89. The normalized spacial score (nSPS) is 15.3. The van der Waals surface area contributed by atoms with Crippen molar-refractivity contribution in [3.8, 4) is 0 Å². The van der Waals surface area contributed by atoms with Crippen molar-refractivity contribution in [2.24, 2.45) is 0 Å². The van der Waals surface area contributed by atoms with E-state index >= 15 is 0 Å². The molecule has 2 aromatic rings. The second-order valence-corrected chi connectivity index (χ2v) is 9.29. The Morgan fingerprint density at radius 1 is 1.11 bits per heavy atom. The molecule has 0 saturated carbocycles. The van der Waals surface area contributed by atoms with Crippen LogP contribution >= 0.6 is 11.6 Å². The van der Waals surface area contributed by atoms with E-state index in [0.29, 0.717) is 18.8 Å². The molecule has 0 unspecified atom stereocenters. The van der Waals surface area contributed by atoms with Gasteiger partial charge in [-0.25, -0.2) is 8.42 Å². The maximum Gasteiger partial charge on any atom is 0.257 e. The highest BCUT2D eigenvalue weighted by atomic mass is 35.5. The quantitative estimate of drug-likeness (QED) is 0.794. The zero-order valence-electron chi connectivity index (χ0n) is 15.4. The second-order valence-electron chi connectivity index (χ2n) is 6.95. The van der Waals surface area contributed by atoms with Crippen LogP contribution in [0.3, 0.4) is 0 Å². The highest BCUT2D eigenvalue weighted by Crippen LogP contribution is 2.28. The standard InChI is InChI=1S/C20H23ClN2O3S/c1-14(2)16-7-3-4-8-19(16)22-20(24)17-13-15(9-10-18(17)21)27(25,26)23-11-5-6-12-23/h3-4,7-10,13-14H,5-6,11-12H2,1-2H3,(H,22,24). The summed E-state index contributed by atoms with van der Waals surface area (Å²) in [6.45, 7) is 5.10. The van der Waals surface area contributed by atoms with Crippen molar-refractivity contribution >= 4 is 33.2 Å². The summed E-state index contributed by atoms with van der Waals surface area (Å²) in [5.41, 5.74) is 1.85. The molecule has 1 saturated heterocycles. The summed E-state index contributed by atoms with van der Waals surface area (Å²) in [7, 11) is -3.61. The van der Waals surface area contributed by atoms with Gasteiger partial charge in [-0.05, 0) is 48.6 Å². The SMILES string of the molecule is CC(C)c1ccccc1NC(=O)c1cc(S(=O)(=O)N2CCCC2)ccc1Cl. The van der Waals surface area contributed by atoms with Crippen molar-refractivity contribution in [1.82, 2.24) is 4.31 Å². The van der Waals surface area contributed by atoms with Gasteiger partial charge < -0.3 is 5.32 Å². The lowest BCUT2D eigenvalue weighted by Crippen LogP contribution is -2.28. The summed E-state index contributed by atoms with van der Waals surface area (Å²) in [6, 6.07) is 11.8. The van der Waals surface area contributed by atoms with Gasteiger partial charge in [0.2, 0.25) is 10.0 Å². The lowest BCUT2D eigenvalue weighted by atomic mass is 10.0. The van der Waals surface area contributed by atoms with Gasteiger partial charge in [-0.1, -0.05) is 43.6 Å². The van der Waals surface area contributed by atoms with Crippen LogP contribution in [-0.2, 0) is 10.0 Å². The molecule has 3 rings (SSSR count). The number of carbonyl (C=O) groups excluding carboxylic acids is 1. The Morgan fingerprint density at radius 3 is 2.44 bits per heavy atom. The zero-order chi connectivity index (χ0) is 19.6. The molecule has 1 amide bonds. The van der Waals surface area contributed by atoms with E-state index in [9.17, 15) is 13.2 Å². The Bertz CT molecular complexity index is 951. The van der Waals surface area contributed by atoms with Crippen LogP contribution < -0.4 is 5.32 Å². The van der Waals surface area contributed by atoms with E-state index in [4.69, 9.17) is 11.6 Å². The smallest absolute Gasteiger partial charge is 0.257 e. The van der Waals surface area contributed by atoms with Crippen molar-refractivity contribution in [3.05, 3.63) is 58.6 Å². The van der Waals surface area contributed by atoms with E-state index in [1.54, 1.807) is 0 Å². The maximum atomic E-state index is 12.8. The van der Waals surface area contributed by atoms with Gasteiger partial charge in [0.15, 0.2) is 0 Å². The number of sulfonamides is 1. The van der Waals surface area contributed by atoms with Crippen molar-refractivity contribution in [2.75, 3.05) is 18.4 Å². The van der Waals surface area contributed by atoms with Crippen LogP contribution in [0.15, 0.2) is 47.4 Å². The molecule has 0 atom stereocenters. The number of anilines is 1. The molecule has 1 fully saturated rings. The van der Waals surface area contributed by atoms with Crippen molar-refractivity contribution in [1.29, 1.82) is 0 Å². The van der Waals surface area contributed by atoms with Crippen molar-refractivity contribution < 1.29 is 13.2 Å². The number of amides is 1. The minimum atomic E-state index is -3.61. The molecule has 144 valence electrons. The molecular weight excluding hydrogens is 384 g/mol. The number of rotatable bonds is 5. The first-order valence-electron chi connectivity index (χ1n) is 9.00. The fraction of sp³-hybridized carbons (Fsp3) is 0.350. The van der Waals surface area contributed by atoms with E-state index in [0.717, 1.165) is 18.4 Å². The minimum absolute atomic E-state index is 0.0936. The van der Waals surface area contributed by atoms with Crippen LogP contribution in [0.25, 0.3) is 0 Å². The summed E-state index contributed by atoms with van der Waals surface area (Å²) < 4.78 is 27.0. The molecule has 0 aliphatic carbocycles. The molecule has 7 heteroatoms. The van der Waals surface area contributed by atoms with E-state index in [-0.39, 0.29) is 21.4 Å². The third-order valence-electron chi connectivity index (χ3n) is 4.72. The second kappa shape index (κ2) is 8.00. The van der Waals surface area contributed by atoms with Gasteiger partial charge in [-0.2, -0.15) is 4.31 Å². The van der Waals surface area contributed by atoms with Crippen LogP contribution in [0.5, 0.6) is 0 Å². The van der Waals surface area contributed by atoms with Gasteiger partial charge in [-0.3, -0.25) is 4.79 Å². The average molecular weight is 407 g/mol. The van der Waals surface area contributed by atoms with Gasteiger partial charge in [0.25, 0.3) is 5.91 Å². The first-order chi connectivity index (χ1) is 12.8. The minimum Gasteiger partial charge on any atom is -0.322 e. The highest BCUT2D eigenvalue weighted by molar-refractivity contribution is 7.89. The molecule has 1 N–H and O–H groups in total. The van der Waals surface area contributed by atoms with E-state index in [2.05, 4.69) is 5.32 Å². The number of nitrogens with zero attached hydrogens (tertiary/aromatic N) is 1. The lowest BCUT2D eigenvalue weighted by molar-refractivity contribution is 0.102. The predicted octanol–water partition coefficient (Wildman–Crippen LogP) is 4.50. The molecular formula is C20H23ClN2O3S. The van der Waals surface area contributed by atoms with Gasteiger partial charge in [0.1, 0.15) is 0 Å². The summed E-state index contributed by atoms with van der Waals surface area (Å²) >= 11 is 6.20. The fourth-order valence-corrected chi connectivity index (χ4v) is 4.97. The van der Waals surface area contributed by atoms with Crippen LogP contribution in [0.2, 0.25) is 5.02 Å². The molecule has 2 aromatic carbocycles. The maximum absolute atomic E-state index is 12.8. The van der Waals surface area contributed by atoms with Crippen LogP contribution in [0.4, 0.5) is 5.69 Å². The van der Waals surface area contributed by atoms with Gasteiger partial charge in [-0.15, -0.1) is 0 Å². The zero-order valence-corrected chi connectivity index (χ0v) is 17.0. The molecule has 1 aliphatic rings. The summed E-state index contributed by atoms with van der Waals surface area (Å²) in [5, 5.41) is 3.08. The van der Waals surface area contributed by atoms with Gasteiger partial charge in [0, 0.05) is 18.8 Å². The van der Waals surface area contributed by atoms with Gasteiger partial charge in [0.05, 0.1) is 15.5 Å². The number of para-hydroxylation sites is 1. The predicted molar refractivity (Wildman–Crippen MR) is 108 cm³/mol. The Morgan fingerprint density at radius 2 is 1.78 bits per heavy atom. The van der Waals surface area contributed by atoms with Crippen LogP contribution in [0, 0.1) is 0 Å². The van der Waals surface area contributed by atoms with Gasteiger partial charge >= 0.3 is 0 Å². The molecule has 0 radical (unpaired) electrons. The van der Waals surface area contributed by atoms with E-state index < -0.39 is 15.9 Å². The number of hydrogen-bond acceptors (Lipinski definition) is 3. The summed E-state index contributed by atoms with van der Waals surface area (Å²) in [4.78, 5) is 12.9. The summed E-state index contributed by atoms with van der Waals surface area (Å²) in [6.07, 6.45) is 1.71. The third kappa shape index (κ3) is 4.18. The van der Waals surface area contributed by atoms with Crippen molar-refractivity contribution in [3.63, 3.8) is 0 Å². The molecule has 0 aromatic heterocycles. The molecule has 5 nitrogen and oxygen atoms in total. The van der Waals surface area contributed by atoms with Crippen LogP contribution in [-0.4, -0.2) is 31.7 Å². The Balaban J connectivity index is 1.92. The van der Waals surface area contributed by atoms with Crippen LogP contribution in [0.1, 0.15) is 48.5 Å². The monoisotopic (exact) mass is 406 g/mol. The topological polar surface area (TPSA) is 66.5 Å². The molecule has 1 heterocycles. The first kappa shape index (κ1) is 19.9. The van der Waals surface area contributed by atoms with E-state index in [1.807, 2.05) is 38.1 Å². The highest BCUT2D eigenvalue weighted by Gasteiger charge is 2.28. The fourth-order valence-electron chi connectivity index (χ4n) is 3.22. The number of halogens is 1.